The number of pyridine rings is 1. The Morgan fingerprint density at radius 3 is 3.19 bits per heavy atom. The Balaban J connectivity index is 1.77. The highest BCUT2D eigenvalue weighted by atomic mass is 16.6. The zero-order valence-electron chi connectivity index (χ0n) is 9.43. The van der Waals surface area contributed by atoms with Crippen molar-refractivity contribution in [1.82, 2.24) is 9.88 Å². The summed E-state index contributed by atoms with van der Waals surface area (Å²) in [5.41, 5.74) is 0. The molecule has 0 aliphatic carbocycles. The van der Waals surface area contributed by atoms with Crippen LogP contribution < -0.4 is 9.47 Å². The Labute approximate surface area is 95.2 Å². The highest BCUT2D eigenvalue weighted by Crippen LogP contribution is 2.33. The number of nitrogens with zero attached hydrogens (tertiary/aromatic N) is 2. The van der Waals surface area contributed by atoms with E-state index < -0.39 is 0 Å². The van der Waals surface area contributed by atoms with Crippen LogP contribution in [0.5, 0.6) is 11.5 Å². The van der Waals surface area contributed by atoms with Crippen LogP contribution in [0.2, 0.25) is 0 Å². The Morgan fingerprint density at radius 2 is 2.38 bits per heavy atom. The predicted octanol–water partition coefficient (Wildman–Crippen LogP) is 1.32. The molecule has 16 heavy (non-hydrogen) atoms. The van der Waals surface area contributed by atoms with Gasteiger partial charge in [-0.1, -0.05) is 0 Å². The smallest absolute Gasteiger partial charge is 0.180 e. The minimum absolute atomic E-state index is 0.143. The molecule has 4 nitrogen and oxygen atoms in total. The number of ether oxygens (including phenoxy) is 2. The maximum absolute atomic E-state index is 5.96. The molecular weight excluding hydrogens is 204 g/mol. The molecule has 1 aromatic heterocycles. The summed E-state index contributed by atoms with van der Waals surface area (Å²) >= 11 is 0. The van der Waals surface area contributed by atoms with Crippen LogP contribution in [0.4, 0.5) is 0 Å². The average Bonchev–Trinajstić information content (AvgIpc) is 2.75. The van der Waals surface area contributed by atoms with E-state index in [1.165, 1.54) is 12.8 Å². The molecule has 0 saturated carbocycles. The molecule has 3 rings (SSSR count). The van der Waals surface area contributed by atoms with Gasteiger partial charge in [-0.3, -0.25) is 9.88 Å². The van der Waals surface area contributed by atoms with Gasteiger partial charge in [0.25, 0.3) is 0 Å². The molecule has 0 N–H and O–H groups in total. The minimum atomic E-state index is 0.143. The fraction of sp³-hybridized carbons (Fsp3) is 0.583. The molecule has 0 bridgehead atoms. The van der Waals surface area contributed by atoms with Gasteiger partial charge in [-0.25, -0.2) is 0 Å². The number of likely N-dealkylation sites (tertiary alicyclic amines) is 1. The molecule has 1 fully saturated rings. The second-order valence-electron chi connectivity index (χ2n) is 4.48. The minimum Gasteiger partial charge on any atom is -0.486 e. The second-order valence-corrected chi connectivity index (χ2v) is 4.48. The van der Waals surface area contributed by atoms with Crippen LogP contribution in [0.15, 0.2) is 18.5 Å². The molecule has 2 aliphatic heterocycles. The first-order valence-corrected chi connectivity index (χ1v) is 5.78. The zero-order chi connectivity index (χ0) is 11.0. The van der Waals surface area contributed by atoms with Gasteiger partial charge >= 0.3 is 0 Å². The van der Waals surface area contributed by atoms with E-state index in [1.807, 2.05) is 6.07 Å². The van der Waals surface area contributed by atoms with Crippen LogP contribution >= 0.6 is 0 Å². The number of hydrogen-bond donors (Lipinski definition) is 0. The van der Waals surface area contributed by atoms with E-state index in [-0.39, 0.29) is 6.10 Å². The maximum Gasteiger partial charge on any atom is 0.180 e. The summed E-state index contributed by atoms with van der Waals surface area (Å²) in [6.45, 7) is 1.80. The quantitative estimate of drug-likeness (QED) is 0.715. The molecule has 4 heteroatoms. The summed E-state index contributed by atoms with van der Waals surface area (Å²) in [5.74, 6) is 1.59. The summed E-state index contributed by atoms with van der Waals surface area (Å²) in [4.78, 5) is 6.42. The van der Waals surface area contributed by atoms with E-state index in [1.54, 1.807) is 12.4 Å². The lowest BCUT2D eigenvalue weighted by Gasteiger charge is -2.33. The Hall–Kier alpha value is -1.29. The van der Waals surface area contributed by atoms with Gasteiger partial charge in [0.15, 0.2) is 11.5 Å². The van der Waals surface area contributed by atoms with E-state index in [9.17, 15) is 0 Å². The van der Waals surface area contributed by atoms with Crippen molar-refractivity contribution >= 4 is 0 Å². The van der Waals surface area contributed by atoms with E-state index in [4.69, 9.17) is 9.47 Å². The first kappa shape index (κ1) is 9.90. The molecule has 1 saturated heterocycles. The molecule has 0 spiro atoms. The summed E-state index contributed by atoms with van der Waals surface area (Å²) < 4.78 is 11.7. The third kappa shape index (κ3) is 1.63. The van der Waals surface area contributed by atoms with E-state index >= 15 is 0 Å². The Morgan fingerprint density at radius 1 is 1.44 bits per heavy atom. The molecule has 3 heterocycles. The standard InChI is InChI=1S/C12H16N2O2/c1-14-6-2-3-9(14)12-8-15-10-4-5-13-7-11(10)16-12/h4-5,7,9,12H,2-3,6,8H2,1H3/t9-,12-/m0/s1. The van der Waals surface area contributed by atoms with Crippen molar-refractivity contribution in [2.45, 2.75) is 25.0 Å². The van der Waals surface area contributed by atoms with Gasteiger partial charge in [-0.15, -0.1) is 0 Å². The number of hydrogen-bond acceptors (Lipinski definition) is 4. The van der Waals surface area contributed by atoms with Crippen LogP contribution in [0.3, 0.4) is 0 Å². The highest BCUT2D eigenvalue weighted by Gasteiger charge is 2.34. The van der Waals surface area contributed by atoms with Crippen molar-refractivity contribution in [3.8, 4) is 11.5 Å². The van der Waals surface area contributed by atoms with E-state index in [2.05, 4.69) is 16.9 Å². The number of rotatable bonds is 1. The molecule has 1 aromatic rings. The van der Waals surface area contributed by atoms with Crippen molar-refractivity contribution in [3.05, 3.63) is 18.5 Å². The molecule has 2 atom stereocenters. The first-order valence-electron chi connectivity index (χ1n) is 5.78. The van der Waals surface area contributed by atoms with Crippen molar-refractivity contribution in [3.63, 3.8) is 0 Å². The fourth-order valence-electron chi connectivity index (χ4n) is 2.54. The average molecular weight is 220 g/mol. The van der Waals surface area contributed by atoms with Crippen molar-refractivity contribution in [1.29, 1.82) is 0 Å². The van der Waals surface area contributed by atoms with Gasteiger partial charge in [0.2, 0.25) is 0 Å². The number of likely N-dealkylation sites (N-methyl/N-ethyl adjacent to an activating group) is 1. The van der Waals surface area contributed by atoms with E-state index in [0.717, 1.165) is 18.0 Å². The molecule has 0 amide bonds. The third-order valence-corrected chi connectivity index (χ3v) is 3.43. The van der Waals surface area contributed by atoms with Gasteiger partial charge in [0.1, 0.15) is 12.7 Å². The van der Waals surface area contributed by atoms with E-state index in [0.29, 0.717) is 12.6 Å². The second kappa shape index (κ2) is 3.94. The summed E-state index contributed by atoms with van der Waals surface area (Å²) in [5, 5.41) is 0. The molecule has 0 unspecified atom stereocenters. The van der Waals surface area contributed by atoms with Crippen molar-refractivity contribution in [2.75, 3.05) is 20.2 Å². The lowest BCUT2D eigenvalue weighted by Crippen LogP contribution is -2.45. The van der Waals surface area contributed by atoms with Crippen LogP contribution in [-0.2, 0) is 0 Å². The van der Waals surface area contributed by atoms with Gasteiger partial charge in [-0.2, -0.15) is 0 Å². The van der Waals surface area contributed by atoms with Crippen LogP contribution in [0, 0.1) is 0 Å². The maximum atomic E-state index is 5.96. The lowest BCUT2D eigenvalue weighted by molar-refractivity contribution is 0.0364. The summed E-state index contributed by atoms with van der Waals surface area (Å²) in [7, 11) is 2.15. The molecule has 2 aliphatic rings. The third-order valence-electron chi connectivity index (χ3n) is 3.43. The number of fused-ring (bicyclic) bond motifs is 1. The van der Waals surface area contributed by atoms with Gasteiger partial charge < -0.3 is 9.47 Å². The Kier molecular flexibility index (Phi) is 2.44. The largest absolute Gasteiger partial charge is 0.486 e. The summed E-state index contributed by atoms with van der Waals surface area (Å²) in [6, 6.07) is 2.33. The number of aromatic nitrogens is 1. The van der Waals surface area contributed by atoms with Crippen LogP contribution in [0.1, 0.15) is 12.8 Å². The summed E-state index contributed by atoms with van der Waals surface area (Å²) in [6.07, 6.45) is 6.05. The van der Waals surface area contributed by atoms with Crippen molar-refractivity contribution < 1.29 is 9.47 Å². The highest BCUT2D eigenvalue weighted by molar-refractivity contribution is 5.38. The van der Waals surface area contributed by atoms with Gasteiger partial charge in [-0.05, 0) is 26.4 Å². The predicted molar refractivity (Wildman–Crippen MR) is 59.8 cm³/mol. The SMILES string of the molecule is CN1CCC[C@H]1[C@@H]1COc2ccncc2O1. The topological polar surface area (TPSA) is 34.6 Å². The Bertz CT molecular complexity index is 383. The van der Waals surface area contributed by atoms with Crippen LogP contribution in [-0.4, -0.2) is 42.2 Å². The van der Waals surface area contributed by atoms with Gasteiger partial charge in [0.05, 0.1) is 6.20 Å². The fourth-order valence-corrected chi connectivity index (χ4v) is 2.54. The molecular formula is C12H16N2O2. The zero-order valence-corrected chi connectivity index (χ0v) is 9.43. The molecule has 86 valence electrons. The lowest BCUT2D eigenvalue weighted by atomic mass is 10.1. The van der Waals surface area contributed by atoms with Crippen LogP contribution in [0.25, 0.3) is 0 Å². The molecule has 0 radical (unpaired) electrons. The van der Waals surface area contributed by atoms with Crippen molar-refractivity contribution in [2.24, 2.45) is 0 Å². The monoisotopic (exact) mass is 220 g/mol. The van der Waals surface area contributed by atoms with Gasteiger partial charge in [0, 0.05) is 18.3 Å². The normalized spacial score (nSPS) is 29.3. The molecule has 0 aromatic carbocycles. The first-order chi connectivity index (χ1) is 7.84.